The summed E-state index contributed by atoms with van der Waals surface area (Å²) >= 11 is 0. The second-order valence-electron chi connectivity index (χ2n) is 7.02. The van der Waals surface area contributed by atoms with Gasteiger partial charge in [0.05, 0.1) is 6.10 Å². The molecule has 0 fully saturated rings. The molecule has 2 heterocycles. The second-order valence-corrected chi connectivity index (χ2v) is 7.02. The van der Waals surface area contributed by atoms with Gasteiger partial charge in [0.15, 0.2) is 0 Å². The third-order valence-electron chi connectivity index (χ3n) is 4.88. The van der Waals surface area contributed by atoms with Crippen LogP contribution in [0.3, 0.4) is 0 Å². The number of aromatic nitrogens is 2. The van der Waals surface area contributed by atoms with Gasteiger partial charge in [0.1, 0.15) is 5.82 Å². The summed E-state index contributed by atoms with van der Waals surface area (Å²) in [5.41, 5.74) is 4.61. The predicted molar refractivity (Wildman–Crippen MR) is 102 cm³/mol. The Morgan fingerprint density at radius 3 is 2.72 bits per heavy atom. The van der Waals surface area contributed by atoms with Gasteiger partial charge in [0.2, 0.25) is 5.95 Å². The number of fused-ring (bicyclic) bond motifs is 1. The molecule has 0 saturated heterocycles. The summed E-state index contributed by atoms with van der Waals surface area (Å²) in [5, 5.41) is 13.1. The van der Waals surface area contributed by atoms with Crippen molar-refractivity contribution in [3.63, 3.8) is 0 Å². The van der Waals surface area contributed by atoms with Gasteiger partial charge in [0, 0.05) is 30.9 Å². The van der Waals surface area contributed by atoms with Crippen LogP contribution in [0, 0.1) is 6.92 Å². The summed E-state index contributed by atoms with van der Waals surface area (Å²) in [5.74, 6) is 1.68. The molecular formula is C20H28N4O. The Kier molecular flexibility index (Phi) is 5.23. The monoisotopic (exact) mass is 340 g/mol. The molecule has 0 bridgehead atoms. The smallest absolute Gasteiger partial charge is 0.225 e. The maximum absolute atomic E-state index is 9.77. The van der Waals surface area contributed by atoms with Crippen molar-refractivity contribution in [3.05, 3.63) is 46.6 Å². The number of aliphatic hydroxyl groups excluding tert-OH is 1. The number of hydrogen-bond donors (Lipinski definition) is 2. The number of hydrogen-bond acceptors (Lipinski definition) is 5. The van der Waals surface area contributed by atoms with E-state index in [0.29, 0.717) is 12.0 Å². The molecule has 1 aliphatic rings. The molecule has 0 unspecified atom stereocenters. The molecule has 0 amide bonds. The van der Waals surface area contributed by atoms with Crippen LogP contribution in [0.5, 0.6) is 0 Å². The van der Waals surface area contributed by atoms with E-state index in [9.17, 15) is 5.11 Å². The normalized spacial score (nSPS) is 16.3. The SMILES string of the molecule is CC[C@@H](C)Nc1nc(C)cc(N2CCc3cc([C@@H](C)O)ccc3C2)n1. The van der Waals surface area contributed by atoms with E-state index in [1.54, 1.807) is 0 Å². The number of rotatable bonds is 5. The van der Waals surface area contributed by atoms with Gasteiger partial charge < -0.3 is 15.3 Å². The summed E-state index contributed by atoms with van der Waals surface area (Å²) in [4.78, 5) is 11.5. The standard InChI is InChI=1S/C20H28N4O/c1-5-13(2)21-20-22-14(3)10-19(23-20)24-9-8-17-11-16(15(4)25)6-7-18(17)12-24/h6-7,10-11,13,15,25H,5,8-9,12H2,1-4H3,(H,21,22,23)/t13-,15-/m1/s1. The second kappa shape index (κ2) is 7.40. The lowest BCUT2D eigenvalue weighted by atomic mass is 9.96. The van der Waals surface area contributed by atoms with Crippen molar-refractivity contribution < 1.29 is 5.11 Å². The molecule has 2 N–H and O–H groups in total. The lowest BCUT2D eigenvalue weighted by Gasteiger charge is -2.30. The molecule has 1 aliphatic heterocycles. The topological polar surface area (TPSA) is 61.3 Å². The molecule has 5 heteroatoms. The van der Waals surface area contributed by atoms with Gasteiger partial charge in [0.25, 0.3) is 0 Å². The van der Waals surface area contributed by atoms with E-state index in [0.717, 1.165) is 43.0 Å². The molecule has 5 nitrogen and oxygen atoms in total. The Labute approximate surface area is 150 Å². The van der Waals surface area contributed by atoms with Crippen molar-refractivity contribution >= 4 is 11.8 Å². The number of aliphatic hydroxyl groups is 1. The van der Waals surface area contributed by atoms with Crippen LogP contribution in [0.25, 0.3) is 0 Å². The van der Waals surface area contributed by atoms with Crippen LogP contribution in [0.2, 0.25) is 0 Å². The van der Waals surface area contributed by atoms with Crippen LogP contribution in [-0.4, -0.2) is 27.7 Å². The maximum Gasteiger partial charge on any atom is 0.225 e. The highest BCUT2D eigenvalue weighted by molar-refractivity contribution is 5.48. The van der Waals surface area contributed by atoms with Crippen molar-refractivity contribution in [1.29, 1.82) is 0 Å². The molecule has 0 saturated carbocycles. The molecule has 1 aromatic carbocycles. The van der Waals surface area contributed by atoms with Gasteiger partial charge in [-0.2, -0.15) is 4.98 Å². The van der Waals surface area contributed by atoms with Crippen LogP contribution in [0.1, 0.15) is 55.7 Å². The van der Waals surface area contributed by atoms with E-state index in [1.807, 2.05) is 19.9 Å². The number of nitrogens with zero attached hydrogens (tertiary/aromatic N) is 3. The third-order valence-corrected chi connectivity index (χ3v) is 4.88. The summed E-state index contributed by atoms with van der Waals surface area (Å²) in [6.07, 6.45) is 1.59. The Bertz CT molecular complexity index is 744. The Morgan fingerprint density at radius 2 is 2.00 bits per heavy atom. The van der Waals surface area contributed by atoms with Gasteiger partial charge >= 0.3 is 0 Å². The molecule has 0 radical (unpaired) electrons. The number of benzene rings is 1. The highest BCUT2D eigenvalue weighted by Crippen LogP contribution is 2.26. The molecule has 25 heavy (non-hydrogen) atoms. The first-order chi connectivity index (χ1) is 12.0. The van der Waals surface area contributed by atoms with E-state index < -0.39 is 6.10 Å². The fourth-order valence-corrected chi connectivity index (χ4v) is 3.13. The van der Waals surface area contributed by atoms with E-state index in [2.05, 4.69) is 47.2 Å². The highest BCUT2D eigenvalue weighted by atomic mass is 16.3. The van der Waals surface area contributed by atoms with Gasteiger partial charge in [-0.1, -0.05) is 25.1 Å². The zero-order chi connectivity index (χ0) is 18.0. The zero-order valence-electron chi connectivity index (χ0n) is 15.6. The first-order valence-corrected chi connectivity index (χ1v) is 9.13. The Morgan fingerprint density at radius 1 is 1.20 bits per heavy atom. The van der Waals surface area contributed by atoms with Crippen LogP contribution in [0.4, 0.5) is 11.8 Å². The molecule has 2 atom stereocenters. The van der Waals surface area contributed by atoms with E-state index in [-0.39, 0.29) is 0 Å². The van der Waals surface area contributed by atoms with Gasteiger partial charge in [-0.15, -0.1) is 0 Å². The quantitative estimate of drug-likeness (QED) is 0.871. The molecule has 2 aromatic rings. The maximum atomic E-state index is 9.77. The average molecular weight is 340 g/mol. The highest BCUT2D eigenvalue weighted by Gasteiger charge is 2.19. The largest absolute Gasteiger partial charge is 0.389 e. The number of aryl methyl sites for hydroxylation is 1. The lowest BCUT2D eigenvalue weighted by molar-refractivity contribution is 0.199. The van der Waals surface area contributed by atoms with Crippen LogP contribution in [-0.2, 0) is 13.0 Å². The van der Waals surface area contributed by atoms with Crippen LogP contribution < -0.4 is 10.2 Å². The number of anilines is 2. The number of nitrogens with one attached hydrogen (secondary N) is 1. The Hall–Kier alpha value is -2.14. The minimum Gasteiger partial charge on any atom is -0.389 e. The van der Waals surface area contributed by atoms with Gasteiger partial charge in [-0.05, 0) is 50.3 Å². The van der Waals surface area contributed by atoms with Crippen LogP contribution >= 0.6 is 0 Å². The average Bonchev–Trinajstić information content (AvgIpc) is 2.60. The van der Waals surface area contributed by atoms with E-state index in [4.69, 9.17) is 4.98 Å². The lowest BCUT2D eigenvalue weighted by Crippen LogP contribution is -2.31. The third kappa shape index (κ3) is 4.10. The zero-order valence-corrected chi connectivity index (χ0v) is 15.6. The summed E-state index contributed by atoms with van der Waals surface area (Å²) in [6, 6.07) is 8.70. The van der Waals surface area contributed by atoms with Crippen molar-refractivity contribution in [2.24, 2.45) is 0 Å². The molecular weight excluding hydrogens is 312 g/mol. The first-order valence-electron chi connectivity index (χ1n) is 9.13. The van der Waals surface area contributed by atoms with E-state index >= 15 is 0 Å². The molecule has 134 valence electrons. The fraction of sp³-hybridized carbons (Fsp3) is 0.500. The first kappa shape index (κ1) is 17.7. The van der Waals surface area contributed by atoms with E-state index in [1.165, 1.54) is 11.1 Å². The molecule has 3 rings (SSSR count). The van der Waals surface area contributed by atoms with Crippen molar-refractivity contribution in [2.45, 2.75) is 59.2 Å². The summed E-state index contributed by atoms with van der Waals surface area (Å²) < 4.78 is 0. The fourth-order valence-electron chi connectivity index (χ4n) is 3.13. The summed E-state index contributed by atoms with van der Waals surface area (Å²) in [7, 11) is 0. The van der Waals surface area contributed by atoms with Crippen LogP contribution in [0.15, 0.2) is 24.3 Å². The van der Waals surface area contributed by atoms with Crippen molar-refractivity contribution in [2.75, 3.05) is 16.8 Å². The minimum absolute atomic E-state index is 0.357. The van der Waals surface area contributed by atoms with Crippen molar-refractivity contribution in [3.8, 4) is 0 Å². The molecule has 0 spiro atoms. The molecule has 1 aromatic heterocycles. The van der Waals surface area contributed by atoms with Crippen molar-refractivity contribution in [1.82, 2.24) is 9.97 Å². The Balaban J connectivity index is 1.81. The molecule has 0 aliphatic carbocycles. The van der Waals surface area contributed by atoms with Gasteiger partial charge in [-0.3, -0.25) is 0 Å². The minimum atomic E-state index is -0.415. The van der Waals surface area contributed by atoms with Gasteiger partial charge in [-0.25, -0.2) is 4.98 Å². The summed E-state index contributed by atoms with van der Waals surface area (Å²) in [6.45, 7) is 9.88. The predicted octanol–water partition coefficient (Wildman–Crippen LogP) is 3.61.